The fourth-order valence-electron chi connectivity index (χ4n) is 2.38. The molecule has 0 radical (unpaired) electrons. The van der Waals surface area contributed by atoms with Crippen LogP contribution in [0.4, 0.5) is 10.1 Å². The first-order chi connectivity index (χ1) is 14.0. The van der Waals surface area contributed by atoms with Crippen LogP contribution < -0.4 is 14.8 Å². The molecular formula is C19H18BrFN4O3S. The van der Waals surface area contributed by atoms with E-state index in [1.165, 1.54) is 23.9 Å². The highest BCUT2D eigenvalue weighted by Crippen LogP contribution is 2.27. The monoisotopic (exact) mass is 480 g/mol. The molecule has 29 heavy (non-hydrogen) atoms. The number of hydrogen-bond donors (Lipinski definition) is 1. The highest BCUT2D eigenvalue weighted by molar-refractivity contribution is 9.10. The molecule has 1 aromatic heterocycles. The first kappa shape index (κ1) is 21.1. The number of anilines is 1. The normalized spacial score (nSPS) is 10.6. The third-order valence-electron chi connectivity index (χ3n) is 3.89. The summed E-state index contributed by atoms with van der Waals surface area (Å²) in [6.45, 7) is 0.195. The molecule has 1 amide bonds. The standard InChI is InChI=1S/C19H18BrFN4O3S/c1-25-17(10-28-16-6-4-3-5-15(16)27-2)23-24-19(25)29-11-18(26)22-14-8-7-12(20)9-13(14)21/h3-9H,10-11H2,1-2H3,(H,22,26). The third-order valence-corrected chi connectivity index (χ3v) is 5.40. The van der Waals surface area contributed by atoms with Gasteiger partial charge in [-0.25, -0.2) is 4.39 Å². The Bertz CT molecular complexity index is 1010. The largest absolute Gasteiger partial charge is 0.493 e. The van der Waals surface area contributed by atoms with Gasteiger partial charge in [-0.05, 0) is 30.3 Å². The van der Waals surface area contributed by atoms with E-state index >= 15 is 0 Å². The van der Waals surface area contributed by atoms with E-state index in [4.69, 9.17) is 9.47 Å². The lowest BCUT2D eigenvalue weighted by Gasteiger charge is -2.10. The Morgan fingerprint density at radius 2 is 2.00 bits per heavy atom. The summed E-state index contributed by atoms with van der Waals surface area (Å²) in [6.07, 6.45) is 0. The molecule has 0 aliphatic carbocycles. The van der Waals surface area contributed by atoms with Gasteiger partial charge in [-0.15, -0.1) is 10.2 Å². The molecule has 3 aromatic rings. The Morgan fingerprint density at radius 3 is 2.72 bits per heavy atom. The lowest BCUT2D eigenvalue weighted by atomic mass is 10.3. The number of para-hydroxylation sites is 2. The summed E-state index contributed by atoms with van der Waals surface area (Å²) in [6, 6.07) is 11.8. The highest BCUT2D eigenvalue weighted by atomic mass is 79.9. The van der Waals surface area contributed by atoms with E-state index in [1.807, 2.05) is 12.1 Å². The van der Waals surface area contributed by atoms with E-state index in [2.05, 4.69) is 31.4 Å². The topological polar surface area (TPSA) is 78.3 Å². The maximum Gasteiger partial charge on any atom is 0.234 e. The fourth-order valence-corrected chi connectivity index (χ4v) is 3.45. The van der Waals surface area contributed by atoms with Crippen LogP contribution in [0.1, 0.15) is 5.82 Å². The molecule has 0 bridgehead atoms. The minimum Gasteiger partial charge on any atom is -0.493 e. The van der Waals surface area contributed by atoms with Crippen molar-refractivity contribution in [2.24, 2.45) is 7.05 Å². The SMILES string of the molecule is COc1ccccc1OCc1nnc(SCC(=O)Nc2ccc(Br)cc2F)n1C. The van der Waals surface area contributed by atoms with Gasteiger partial charge >= 0.3 is 0 Å². The van der Waals surface area contributed by atoms with E-state index in [0.29, 0.717) is 27.0 Å². The van der Waals surface area contributed by atoms with Crippen molar-refractivity contribution in [3.63, 3.8) is 0 Å². The number of amides is 1. The zero-order valence-corrected chi connectivity index (χ0v) is 18.1. The van der Waals surface area contributed by atoms with Gasteiger partial charge in [0.1, 0.15) is 12.4 Å². The van der Waals surface area contributed by atoms with Crippen LogP contribution in [0, 0.1) is 5.82 Å². The molecule has 0 saturated heterocycles. The number of aromatic nitrogens is 3. The van der Waals surface area contributed by atoms with E-state index in [0.717, 1.165) is 0 Å². The molecule has 1 heterocycles. The molecule has 3 rings (SSSR count). The lowest BCUT2D eigenvalue weighted by Crippen LogP contribution is -2.15. The molecule has 0 unspecified atom stereocenters. The van der Waals surface area contributed by atoms with Crippen molar-refractivity contribution in [1.82, 2.24) is 14.8 Å². The van der Waals surface area contributed by atoms with Crippen molar-refractivity contribution in [3.8, 4) is 11.5 Å². The minimum atomic E-state index is -0.507. The lowest BCUT2D eigenvalue weighted by molar-refractivity contribution is -0.113. The maximum absolute atomic E-state index is 13.8. The molecule has 0 fully saturated rings. The van der Waals surface area contributed by atoms with Crippen LogP contribution in [0.25, 0.3) is 0 Å². The van der Waals surface area contributed by atoms with Crippen LogP contribution in [0.5, 0.6) is 11.5 Å². The molecule has 0 aliphatic heterocycles. The Morgan fingerprint density at radius 1 is 1.24 bits per heavy atom. The number of rotatable bonds is 8. The van der Waals surface area contributed by atoms with Crippen molar-refractivity contribution >= 4 is 39.3 Å². The van der Waals surface area contributed by atoms with Gasteiger partial charge in [-0.3, -0.25) is 4.79 Å². The smallest absolute Gasteiger partial charge is 0.234 e. The Kier molecular flexibility index (Phi) is 7.10. The molecule has 0 spiro atoms. The van der Waals surface area contributed by atoms with Gasteiger partial charge in [0, 0.05) is 11.5 Å². The Balaban J connectivity index is 1.56. The molecule has 152 valence electrons. The number of carbonyl (C=O) groups is 1. The van der Waals surface area contributed by atoms with Gasteiger partial charge in [0.05, 0.1) is 18.6 Å². The predicted octanol–water partition coefficient (Wildman–Crippen LogP) is 4.04. The number of carbonyl (C=O) groups excluding carboxylic acids is 1. The highest BCUT2D eigenvalue weighted by Gasteiger charge is 2.14. The van der Waals surface area contributed by atoms with Gasteiger partial charge in [0.2, 0.25) is 5.91 Å². The quantitative estimate of drug-likeness (QED) is 0.490. The van der Waals surface area contributed by atoms with E-state index in [-0.39, 0.29) is 24.0 Å². The van der Waals surface area contributed by atoms with Gasteiger partial charge in [0.25, 0.3) is 0 Å². The molecule has 10 heteroatoms. The van der Waals surface area contributed by atoms with Gasteiger partial charge in [0.15, 0.2) is 22.5 Å². The summed E-state index contributed by atoms with van der Waals surface area (Å²) >= 11 is 4.38. The van der Waals surface area contributed by atoms with Crippen molar-refractivity contribution < 1.29 is 18.7 Å². The van der Waals surface area contributed by atoms with E-state index in [9.17, 15) is 9.18 Å². The summed E-state index contributed by atoms with van der Waals surface area (Å²) in [5.41, 5.74) is 0.127. The van der Waals surface area contributed by atoms with E-state index in [1.54, 1.807) is 36.9 Å². The van der Waals surface area contributed by atoms with Crippen molar-refractivity contribution in [1.29, 1.82) is 0 Å². The average Bonchev–Trinajstić information content (AvgIpc) is 3.06. The number of thioether (sulfide) groups is 1. The second-order valence-electron chi connectivity index (χ2n) is 5.86. The Labute approximate surface area is 179 Å². The number of hydrogen-bond acceptors (Lipinski definition) is 6. The summed E-state index contributed by atoms with van der Waals surface area (Å²) in [5, 5.41) is 11.3. The molecule has 0 saturated carbocycles. The Hall–Kier alpha value is -2.59. The van der Waals surface area contributed by atoms with Gasteiger partial charge in [-0.2, -0.15) is 0 Å². The first-order valence-corrected chi connectivity index (χ1v) is 10.3. The summed E-state index contributed by atoms with van der Waals surface area (Å²) in [4.78, 5) is 12.1. The molecule has 0 aliphatic rings. The minimum absolute atomic E-state index is 0.0643. The number of halogens is 2. The number of methoxy groups -OCH3 is 1. The summed E-state index contributed by atoms with van der Waals surface area (Å²) < 4.78 is 27.2. The molecule has 7 nitrogen and oxygen atoms in total. The number of benzene rings is 2. The van der Waals surface area contributed by atoms with Crippen LogP contribution in [0.3, 0.4) is 0 Å². The zero-order chi connectivity index (χ0) is 20.8. The molecular weight excluding hydrogens is 463 g/mol. The number of ether oxygens (including phenoxy) is 2. The van der Waals surface area contributed by atoms with Gasteiger partial charge < -0.3 is 19.4 Å². The second-order valence-corrected chi connectivity index (χ2v) is 7.72. The van der Waals surface area contributed by atoms with Crippen LogP contribution in [-0.2, 0) is 18.4 Å². The van der Waals surface area contributed by atoms with Crippen LogP contribution in [-0.4, -0.2) is 33.5 Å². The van der Waals surface area contributed by atoms with Crippen LogP contribution >= 0.6 is 27.7 Å². The fraction of sp³-hybridized carbons (Fsp3) is 0.211. The maximum atomic E-state index is 13.8. The van der Waals surface area contributed by atoms with E-state index < -0.39 is 5.82 Å². The second kappa shape index (κ2) is 9.75. The zero-order valence-electron chi connectivity index (χ0n) is 15.7. The predicted molar refractivity (Wildman–Crippen MR) is 112 cm³/mol. The molecule has 0 atom stereocenters. The van der Waals surface area contributed by atoms with Crippen molar-refractivity contribution in [2.75, 3.05) is 18.2 Å². The van der Waals surface area contributed by atoms with Gasteiger partial charge in [-0.1, -0.05) is 39.8 Å². The van der Waals surface area contributed by atoms with Crippen molar-refractivity contribution in [2.45, 2.75) is 11.8 Å². The summed E-state index contributed by atoms with van der Waals surface area (Å²) in [7, 11) is 3.36. The number of nitrogens with zero attached hydrogens (tertiary/aromatic N) is 3. The first-order valence-electron chi connectivity index (χ1n) is 8.49. The average molecular weight is 481 g/mol. The van der Waals surface area contributed by atoms with Crippen LogP contribution in [0.15, 0.2) is 52.1 Å². The third kappa shape index (κ3) is 5.48. The number of nitrogens with one attached hydrogen (secondary N) is 1. The summed E-state index contributed by atoms with van der Waals surface area (Å²) in [5.74, 6) is 1.04. The molecule has 2 aromatic carbocycles. The molecule has 1 N–H and O–H groups in total. The van der Waals surface area contributed by atoms with Crippen molar-refractivity contribution in [3.05, 3.63) is 58.6 Å². The van der Waals surface area contributed by atoms with Crippen LogP contribution in [0.2, 0.25) is 0 Å².